The van der Waals surface area contributed by atoms with Crippen LogP contribution in [0, 0.1) is 0 Å². The topological polar surface area (TPSA) is 89.2 Å². The zero-order chi connectivity index (χ0) is 23.3. The maximum absolute atomic E-state index is 12.4. The molecule has 0 spiro atoms. The van der Waals surface area contributed by atoms with Gasteiger partial charge in [0.25, 0.3) is 0 Å². The van der Waals surface area contributed by atoms with Gasteiger partial charge < -0.3 is 15.1 Å². The number of aromatic nitrogens is 2. The van der Waals surface area contributed by atoms with Crippen LogP contribution >= 0.6 is 0 Å². The van der Waals surface area contributed by atoms with Crippen LogP contribution in [-0.4, -0.2) is 15.6 Å². The smallest absolute Gasteiger partial charge is 0.408 e. The van der Waals surface area contributed by atoms with Gasteiger partial charge in [-0.25, -0.2) is 9.59 Å². The number of benzene rings is 3. The van der Waals surface area contributed by atoms with E-state index in [4.69, 9.17) is 4.42 Å². The minimum atomic E-state index is -0.418. The van der Waals surface area contributed by atoms with Gasteiger partial charge in [0, 0.05) is 18.4 Å². The third kappa shape index (κ3) is 4.73. The van der Waals surface area contributed by atoms with Crippen molar-refractivity contribution >= 4 is 22.8 Å². The van der Waals surface area contributed by atoms with Crippen LogP contribution in [0.25, 0.3) is 22.2 Å². The Hall–Kier alpha value is -4.65. The highest BCUT2D eigenvalue weighted by atomic mass is 16.4. The molecule has 0 saturated heterocycles. The number of pyridine rings is 1. The first-order valence-electron chi connectivity index (χ1n) is 10.9. The normalized spacial score (nSPS) is 10.8. The molecule has 5 aromatic rings. The third-order valence-corrected chi connectivity index (χ3v) is 5.49. The Balaban J connectivity index is 1.28. The Morgan fingerprint density at radius 1 is 0.882 bits per heavy atom. The fraction of sp³-hybridized carbons (Fsp3) is 0.0741. The van der Waals surface area contributed by atoms with Crippen molar-refractivity contribution in [2.24, 2.45) is 0 Å². The van der Waals surface area contributed by atoms with E-state index in [0.717, 1.165) is 22.4 Å². The highest BCUT2D eigenvalue weighted by Gasteiger charge is 2.12. The molecule has 5 rings (SSSR count). The first-order chi connectivity index (χ1) is 16.7. The summed E-state index contributed by atoms with van der Waals surface area (Å²) < 4.78 is 7.06. The fourth-order valence-corrected chi connectivity index (χ4v) is 3.75. The molecule has 2 N–H and O–H groups in total. The maximum Gasteiger partial charge on any atom is 0.420 e. The molecule has 34 heavy (non-hydrogen) atoms. The average Bonchev–Trinajstić information content (AvgIpc) is 3.18. The van der Waals surface area contributed by atoms with Gasteiger partial charge in [0.05, 0.1) is 17.8 Å². The molecule has 3 aromatic carbocycles. The molecule has 2 heterocycles. The van der Waals surface area contributed by atoms with E-state index in [1.165, 1.54) is 0 Å². The molecule has 2 aromatic heterocycles. The predicted molar refractivity (Wildman–Crippen MR) is 132 cm³/mol. The van der Waals surface area contributed by atoms with Gasteiger partial charge in [0.15, 0.2) is 5.58 Å². The highest BCUT2D eigenvalue weighted by Crippen LogP contribution is 2.25. The second-order valence-corrected chi connectivity index (χ2v) is 7.83. The largest absolute Gasteiger partial charge is 0.420 e. The van der Waals surface area contributed by atoms with E-state index in [2.05, 4.69) is 15.6 Å². The van der Waals surface area contributed by atoms with Crippen molar-refractivity contribution in [1.29, 1.82) is 0 Å². The van der Waals surface area contributed by atoms with Crippen LogP contribution in [0.5, 0.6) is 0 Å². The van der Waals surface area contributed by atoms with Gasteiger partial charge in [-0.05, 0) is 53.1 Å². The number of oxazole rings is 1. The number of nitrogens with zero attached hydrogens (tertiary/aromatic N) is 2. The van der Waals surface area contributed by atoms with Crippen molar-refractivity contribution in [2.45, 2.75) is 13.1 Å². The number of carbonyl (C=O) groups is 1. The molecule has 0 saturated carbocycles. The van der Waals surface area contributed by atoms with Gasteiger partial charge in [0.2, 0.25) is 0 Å². The van der Waals surface area contributed by atoms with E-state index in [0.29, 0.717) is 29.9 Å². The van der Waals surface area contributed by atoms with Gasteiger partial charge >= 0.3 is 11.8 Å². The lowest BCUT2D eigenvalue weighted by Crippen LogP contribution is -2.28. The third-order valence-electron chi connectivity index (χ3n) is 5.49. The summed E-state index contributed by atoms with van der Waals surface area (Å²) in [6, 6.07) is 28.2. The second kappa shape index (κ2) is 9.46. The first-order valence-corrected chi connectivity index (χ1v) is 10.9. The molecule has 2 amide bonds. The lowest BCUT2D eigenvalue weighted by molar-refractivity contribution is 0.251. The molecule has 0 aliphatic heterocycles. The Kier molecular flexibility index (Phi) is 5.90. The number of urea groups is 1. The Morgan fingerprint density at radius 3 is 2.41 bits per heavy atom. The highest BCUT2D eigenvalue weighted by molar-refractivity contribution is 5.89. The monoisotopic (exact) mass is 450 g/mol. The molecular weight excluding hydrogens is 428 g/mol. The van der Waals surface area contributed by atoms with E-state index in [1.54, 1.807) is 10.8 Å². The summed E-state index contributed by atoms with van der Waals surface area (Å²) in [6.07, 6.45) is 1.70. The molecule has 0 radical (unpaired) electrons. The first kappa shape index (κ1) is 21.2. The standard InChI is InChI=1S/C27H22N4O3/c32-26(29-17-19-6-2-1-3-7-19)30-22-12-9-20(10-13-22)21-11-14-24-25(16-21)34-27(33)31(24)18-23-8-4-5-15-28-23/h1-16H,17-18H2,(H2,29,30,32). The van der Waals surface area contributed by atoms with Crippen molar-refractivity contribution in [2.75, 3.05) is 5.32 Å². The molecule has 7 heteroatoms. The molecule has 0 bridgehead atoms. The van der Waals surface area contributed by atoms with E-state index < -0.39 is 5.76 Å². The summed E-state index contributed by atoms with van der Waals surface area (Å²) in [5.41, 5.74) is 5.58. The maximum atomic E-state index is 12.4. The zero-order valence-corrected chi connectivity index (χ0v) is 18.3. The summed E-state index contributed by atoms with van der Waals surface area (Å²) in [7, 11) is 0. The van der Waals surface area contributed by atoms with Crippen LogP contribution in [0.1, 0.15) is 11.3 Å². The number of rotatable bonds is 6. The van der Waals surface area contributed by atoms with Crippen LogP contribution in [0.2, 0.25) is 0 Å². The number of amides is 2. The van der Waals surface area contributed by atoms with Crippen molar-refractivity contribution in [3.63, 3.8) is 0 Å². The number of carbonyl (C=O) groups excluding carboxylic acids is 1. The number of nitrogens with one attached hydrogen (secondary N) is 2. The molecule has 0 unspecified atom stereocenters. The lowest BCUT2D eigenvalue weighted by Gasteiger charge is -2.09. The van der Waals surface area contributed by atoms with Crippen molar-refractivity contribution in [1.82, 2.24) is 14.9 Å². The summed E-state index contributed by atoms with van der Waals surface area (Å²) in [6.45, 7) is 0.800. The minimum absolute atomic E-state index is 0.269. The summed E-state index contributed by atoms with van der Waals surface area (Å²) in [4.78, 5) is 28.9. The molecule has 0 aliphatic rings. The van der Waals surface area contributed by atoms with E-state index in [1.807, 2.05) is 91.0 Å². The molecule has 0 atom stereocenters. The van der Waals surface area contributed by atoms with E-state index in [-0.39, 0.29) is 6.03 Å². The van der Waals surface area contributed by atoms with Gasteiger partial charge in [0.1, 0.15) is 0 Å². The molecular formula is C27H22N4O3. The molecule has 0 fully saturated rings. The van der Waals surface area contributed by atoms with Gasteiger partial charge in [-0.3, -0.25) is 9.55 Å². The van der Waals surface area contributed by atoms with Crippen LogP contribution in [0.15, 0.2) is 106 Å². The second-order valence-electron chi connectivity index (χ2n) is 7.83. The Labute approximate surface area is 195 Å². The number of hydrogen-bond donors (Lipinski definition) is 2. The van der Waals surface area contributed by atoms with Gasteiger partial charge in [-0.1, -0.05) is 54.6 Å². The van der Waals surface area contributed by atoms with Crippen molar-refractivity contribution in [3.8, 4) is 11.1 Å². The lowest BCUT2D eigenvalue weighted by atomic mass is 10.0. The molecule has 0 aliphatic carbocycles. The average molecular weight is 450 g/mol. The summed E-state index contributed by atoms with van der Waals surface area (Å²) in [5, 5.41) is 5.68. The van der Waals surface area contributed by atoms with Crippen LogP contribution in [-0.2, 0) is 13.1 Å². The van der Waals surface area contributed by atoms with Gasteiger partial charge in [-0.15, -0.1) is 0 Å². The van der Waals surface area contributed by atoms with E-state index in [9.17, 15) is 9.59 Å². The SMILES string of the molecule is O=C(NCc1ccccc1)Nc1ccc(-c2ccc3c(c2)oc(=O)n3Cc2ccccn2)cc1. The van der Waals surface area contributed by atoms with Crippen LogP contribution in [0.3, 0.4) is 0 Å². The number of anilines is 1. The quantitative estimate of drug-likeness (QED) is 0.380. The van der Waals surface area contributed by atoms with Crippen LogP contribution < -0.4 is 16.4 Å². The predicted octanol–water partition coefficient (Wildman–Crippen LogP) is 5.03. The fourth-order valence-electron chi connectivity index (χ4n) is 3.75. The Bertz CT molecular complexity index is 1470. The van der Waals surface area contributed by atoms with Crippen molar-refractivity contribution < 1.29 is 9.21 Å². The number of hydrogen-bond acceptors (Lipinski definition) is 4. The zero-order valence-electron chi connectivity index (χ0n) is 18.3. The molecule has 168 valence electrons. The summed E-state index contributed by atoms with van der Waals surface area (Å²) >= 11 is 0. The Morgan fingerprint density at radius 2 is 1.65 bits per heavy atom. The molecule has 7 nitrogen and oxygen atoms in total. The van der Waals surface area contributed by atoms with Crippen molar-refractivity contribution in [3.05, 3.63) is 119 Å². The van der Waals surface area contributed by atoms with Gasteiger partial charge in [-0.2, -0.15) is 0 Å². The summed E-state index contributed by atoms with van der Waals surface area (Å²) in [5.74, 6) is -0.418. The van der Waals surface area contributed by atoms with E-state index >= 15 is 0 Å². The van der Waals surface area contributed by atoms with Crippen LogP contribution in [0.4, 0.5) is 10.5 Å². The minimum Gasteiger partial charge on any atom is -0.408 e. The number of fused-ring (bicyclic) bond motifs is 1.